The summed E-state index contributed by atoms with van der Waals surface area (Å²) in [6, 6.07) is 15.8. The highest BCUT2D eigenvalue weighted by Gasteiger charge is 2.36. The largest absolute Gasteiger partial charge is 0.455 e. The Morgan fingerprint density at radius 3 is 2.68 bits per heavy atom. The van der Waals surface area contributed by atoms with E-state index >= 15 is 0 Å². The Balaban J connectivity index is 1.29. The molecule has 0 saturated carbocycles. The van der Waals surface area contributed by atoms with Crippen LogP contribution < -0.4 is 10.2 Å². The van der Waals surface area contributed by atoms with Crippen molar-refractivity contribution in [1.82, 2.24) is 5.32 Å². The van der Waals surface area contributed by atoms with E-state index in [4.69, 9.17) is 4.74 Å². The lowest BCUT2D eigenvalue weighted by molar-refractivity contribution is -0.152. The molecule has 31 heavy (non-hydrogen) atoms. The summed E-state index contributed by atoms with van der Waals surface area (Å²) < 4.78 is 5.26. The lowest BCUT2D eigenvalue weighted by atomic mass is 9.88. The maximum atomic E-state index is 12.5. The molecule has 2 amide bonds. The average molecular weight is 421 g/mol. The van der Waals surface area contributed by atoms with E-state index < -0.39 is 11.9 Å². The highest BCUT2D eigenvalue weighted by Crippen LogP contribution is 2.29. The van der Waals surface area contributed by atoms with Gasteiger partial charge in [0.2, 0.25) is 5.91 Å². The van der Waals surface area contributed by atoms with Gasteiger partial charge >= 0.3 is 5.97 Å². The number of amides is 2. The first-order chi connectivity index (χ1) is 15.0. The Hall–Kier alpha value is -3.15. The Bertz CT molecular complexity index is 970. The molecule has 4 rings (SSSR count). The van der Waals surface area contributed by atoms with E-state index in [-0.39, 0.29) is 37.4 Å². The van der Waals surface area contributed by atoms with Crippen molar-refractivity contribution in [3.63, 3.8) is 0 Å². The van der Waals surface area contributed by atoms with Gasteiger partial charge in [0.25, 0.3) is 5.91 Å². The van der Waals surface area contributed by atoms with Gasteiger partial charge in [-0.2, -0.15) is 0 Å². The lowest BCUT2D eigenvalue weighted by Gasteiger charge is -2.26. The molecule has 1 aliphatic carbocycles. The van der Waals surface area contributed by atoms with Crippen LogP contribution in [0.3, 0.4) is 0 Å². The Labute approximate surface area is 182 Å². The summed E-state index contributed by atoms with van der Waals surface area (Å²) in [6.07, 6.45) is 3.94. The molecule has 2 aromatic rings. The predicted molar refractivity (Wildman–Crippen MR) is 118 cm³/mol. The van der Waals surface area contributed by atoms with Gasteiger partial charge < -0.3 is 15.0 Å². The van der Waals surface area contributed by atoms with Crippen LogP contribution in [0.1, 0.15) is 48.9 Å². The number of esters is 1. The smallest absolute Gasteiger partial charge is 0.311 e. The lowest BCUT2D eigenvalue weighted by Crippen LogP contribution is -2.35. The van der Waals surface area contributed by atoms with Crippen molar-refractivity contribution in [2.24, 2.45) is 5.92 Å². The summed E-state index contributed by atoms with van der Waals surface area (Å²) in [7, 11) is 0. The normalized spacial score (nSPS) is 20.3. The molecule has 2 aromatic carbocycles. The second kappa shape index (κ2) is 9.33. The number of ether oxygens (including phenoxy) is 1. The van der Waals surface area contributed by atoms with Crippen LogP contribution in [0, 0.1) is 5.92 Å². The van der Waals surface area contributed by atoms with Crippen LogP contribution in [-0.4, -0.2) is 30.9 Å². The van der Waals surface area contributed by atoms with Gasteiger partial charge in [0.05, 0.1) is 12.0 Å². The highest BCUT2D eigenvalue weighted by molar-refractivity contribution is 5.99. The fraction of sp³-hybridized carbons (Fsp3) is 0.400. The quantitative estimate of drug-likeness (QED) is 0.728. The van der Waals surface area contributed by atoms with E-state index in [1.54, 1.807) is 4.90 Å². The number of carbonyl (C=O) groups is 3. The molecular weight excluding hydrogens is 392 g/mol. The first-order valence-electron chi connectivity index (χ1n) is 11.0. The van der Waals surface area contributed by atoms with Crippen molar-refractivity contribution in [2.75, 3.05) is 18.1 Å². The number of fused-ring (bicyclic) bond motifs is 1. The molecule has 0 spiro atoms. The number of rotatable bonds is 6. The number of nitrogens with one attached hydrogen (secondary N) is 1. The zero-order chi connectivity index (χ0) is 21.8. The SMILES string of the molecule is CCc1ccc(N2CC(C(=O)OCC(=O)NC3CCCc4ccccc43)CC2=O)cc1. The number of anilines is 1. The fourth-order valence-corrected chi connectivity index (χ4v) is 4.42. The number of carbonyl (C=O) groups excluding carboxylic acids is 3. The molecule has 0 radical (unpaired) electrons. The molecule has 1 heterocycles. The third kappa shape index (κ3) is 4.79. The number of aryl methyl sites for hydroxylation is 2. The molecule has 1 saturated heterocycles. The van der Waals surface area contributed by atoms with Gasteiger partial charge in [-0.15, -0.1) is 0 Å². The Morgan fingerprint density at radius 2 is 1.90 bits per heavy atom. The summed E-state index contributed by atoms with van der Waals surface area (Å²) in [5.74, 6) is -1.47. The van der Waals surface area contributed by atoms with Crippen molar-refractivity contribution in [1.29, 1.82) is 0 Å². The standard InChI is InChI=1S/C25H28N2O4/c1-2-17-10-12-20(13-11-17)27-15-19(14-24(27)29)25(30)31-16-23(28)26-22-9-5-7-18-6-3-4-8-21(18)22/h3-4,6,8,10-13,19,22H,2,5,7,9,14-16H2,1H3,(H,26,28). The summed E-state index contributed by atoms with van der Waals surface area (Å²) in [4.78, 5) is 38.9. The Kier molecular flexibility index (Phi) is 6.35. The van der Waals surface area contributed by atoms with Crippen LogP contribution in [0.2, 0.25) is 0 Å². The summed E-state index contributed by atoms with van der Waals surface area (Å²) in [5.41, 5.74) is 4.37. The zero-order valence-corrected chi connectivity index (χ0v) is 17.8. The van der Waals surface area contributed by atoms with E-state index in [0.29, 0.717) is 0 Å². The van der Waals surface area contributed by atoms with Gasteiger partial charge in [0.1, 0.15) is 0 Å². The van der Waals surface area contributed by atoms with Crippen molar-refractivity contribution in [2.45, 2.75) is 45.1 Å². The molecular formula is C25H28N2O4. The molecule has 6 heteroatoms. The minimum Gasteiger partial charge on any atom is -0.455 e. The summed E-state index contributed by atoms with van der Waals surface area (Å²) in [6.45, 7) is 2.03. The molecule has 1 fully saturated rings. The minimum atomic E-state index is -0.554. The molecule has 2 atom stereocenters. The van der Waals surface area contributed by atoms with Crippen LogP contribution in [0.5, 0.6) is 0 Å². The summed E-state index contributed by atoms with van der Waals surface area (Å²) >= 11 is 0. The van der Waals surface area contributed by atoms with Crippen molar-refractivity contribution >= 4 is 23.5 Å². The van der Waals surface area contributed by atoms with E-state index in [0.717, 1.165) is 36.9 Å². The number of hydrogen-bond acceptors (Lipinski definition) is 4. The molecule has 0 aromatic heterocycles. The molecule has 2 unspecified atom stereocenters. The summed E-state index contributed by atoms with van der Waals surface area (Å²) in [5, 5.41) is 2.98. The van der Waals surface area contributed by atoms with Crippen LogP contribution in [0.25, 0.3) is 0 Å². The molecule has 0 bridgehead atoms. The van der Waals surface area contributed by atoms with Crippen molar-refractivity contribution in [3.8, 4) is 0 Å². The second-order valence-electron chi connectivity index (χ2n) is 8.24. The van der Waals surface area contributed by atoms with E-state index in [2.05, 4.69) is 18.3 Å². The van der Waals surface area contributed by atoms with E-state index in [1.165, 1.54) is 11.1 Å². The number of hydrogen-bond donors (Lipinski definition) is 1. The molecule has 1 aliphatic heterocycles. The first kappa shape index (κ1) is 21.1. The van der Waals surface area contributed by atoms with Gasteiger partial charge in [-0.05, 0) is 54.5 Å². The average Bonchev–Trinajstić information content (AvgIpc) is 3.19. The van der Waals surface area contributed by atoms with Crippen molar-refractivity contribution < 1.29 is 19.1 Å². The van der Waals surface area contributed by atoms with Crippen LogP contribution in [-0.2, 0) is 32.0 Å². The van der Waals surface area contributed by atoms with Gasteiger partial charge in [-0.3, -0.25) is 14.4 Å². The maximum absolute atomic E-state index is 12.5. The van der Waals surface area contributed by atoms with Gasteiger partial charge in [-0.1, -0.05) is 43.3 Å². The second-order valence-corrected chi connectivity index (χ2v) is 8.24. The number of benzene rings is 2. The van der Waals surface area contributed by atoms with Crippen LogP contribution >= 0.6 is 0 Å². The molecule has 162 valence electrons. The maximum Gasteiger partial charge on any atom is 0.311 e. The fourth-order valence-electron chi connectivity index (χ4n) is 4.42. The van der Waals surface area contributed by atoms with Gasteiger partial charge in [0, 0.05) is 18.7 Å². The van der Waals surface area contributed by atoms with Gasteiger partial charge in [0.15, 0.2) is 6.61 Å². The third-order valence-corrected chi connectivity index (χ3v) is 6.16. The van der Waals surface area contributed by atoms with E-state index in [9.17, 15) is 14.4 Å². The first-order valence-corrected chi connectivity index (χ1v) is 11.0. The predicted octanol–water partition coefficient (Wildman–Crippen LogP) is 3.34. The topological polar surface area (TPSA) is 75.7 Å². The minimum absolute atomic E-state index is 0.0502. The molecule has 6 nitrogen and oxygen atoms in total. The third-order valence-electron chi connectivity index (χ3n) is 6.16. The van der Waals surface area contributed by atoms with Crippen LogP contribution in [0.15, 0.2) is 48.5 Å². The van der Waals surface area contributed by atoms with Gasteiger partial charge in [-0.25, -0.2) is 0 Å². The zero-order valence-electron chi connectivity index (χ0n) is 17.8. The molecule has 1 N–H and O–H groups in total. The van der Waals surface area contributed by atoms with E-state index in [1.807, 2.05) is 42.5 Å². The molecule has 2 aliphatic rings. The van der Waals surface area contributed by atoms with Crippen molar-refractivity contribution in [3.05, 3.63) is 65.2 Å². The Morgan fingerprint density at radius 1 is 1.13 bits per heavy atom. The number of nitrogens with zero attached hydrogens (tertiary/aromatic N) is 1. The van der Waals surface area contributed by atoms with Crippen LogP contribution in [0.4, 0.5) is 5.69 Å². The monoisotopic (exact) mass is 420 g/mol. The highest BCUT2D eigenvalue weighted by atomic mass is 16.5.